The molecule has 0 unspecified atom stereocenters. The molecule has 0 aliphatic heterocycles. The highest BCUT2D eigenvalue weighted by Gasteiger charge is 2.20. The van der Waals surface area contributed by atoms with E-state index in [1.165, 1.54) is 22.9 Å². The molecule has 2 N–H and O–H groups in total. The van der Waals surface area contributed by atoms with Crippen molar-refractivity contribution >= 4 is 34.3 Å². The molecule has 0 spiro atoms. The number of rotatable bonds is 7. The Morgan fingerprint density at radius 2 is 2.03 bits per heavy atom. The summed E-state index contributed by atoms with van der Waals surface area (Å²) in [4.78, 5) is 30.4. The summed E-state index contributed by atoms with van der Waals surface area (Å²) in [6.07, 6.45) is 3.78. The van der Waals surface area contributed by atoms with Gasteiger partial charge in [-0.2, -0.15) is 0 Å². The smallest absolute Gasteiger partial charge is 0.262 e. The van der Waals surface area contributed by atoms with Crippen molar-refractivity contribution in [2.45, 2.75) is 49.6 Å². The average Bonchev–Trinajstić information content (AvgIpc) is 3.21. The standard InChI is InChI=1S/C23H25N3O3S/c1-15(21(28)24-18-11-10-16-6-4-7-17(16)14-18)30-23-25-20-9-3-2-8-19(20)22(29)26(23)12-5-13-27/h2-3,8-11,14-15,27H,4-7,12-13H2,1H3,(H,24,28)/t15-/m1/s1. The fourth-order valence-corrected chi connectivity index (χ4v) is 4.70. The molecule has 2 aromatic carbocycles. The number of aryl methyl sites for hydroxylation is 2. The Hall–Kier alpha value is -2.64. The van der Waals surface area contributed by atoms with Gasteiger partial charge >= 0.3 is 0 Å². The predicted molar refractivity (Wildman–Crippen MR) is 120 cm³/mol. The average molecular weight is 424 g/mol. The van der Waals surface area contributed by atoms with Crippen LogP contribution >= 0.6 is 11.8 Å². The minimum Gasteiger partial charge on any atom is -0.396 e. The molecule has 1 atom stereocenters. The van der Waals surface area contributed by atoms with Gasteiger partial charge < -0.3 is 10.4 Å². The molecular formula is C23H25N3O3S. The largest absolute Gasteiger partial charge is 0.396 e. The van der Waals surface area contributed by atoms with Gasteiger partial charge in [0.2, 0.25) is 5.91 Å². The summed E-state index contributed by atoms with van der Waals surface area (Å²) in [6, 6.07) is 13.3. The van der Waals surface area contributed by atoms with Crippen LogP contribution in [0.5, 0.6) is 0 Å². The Kier molecular flexibility index (Phi) is 6.20. The van der Waals surface area contributed by atoms with Crippen LogP contribution in [0.25, 0.3) is 10.9 Å². The second-order valence-electron chi connectivity index (χ2n) is 7.53. The number of thioether (sulfide) groups is 1. The van der Waals surface area contributed by atoms with Gasteiger partial charge in [-0.25, -0.2) is 4.98 Å². The quantitative estimate of drug-likeness (QED) is 0.450. The Bertz CT molecular complexity index is 1140. The molecule has 1 aliphatic rings. The summed E-state index contributed by atoms with van der Waals surface area (Å²) >= 11 is 1.26. The Morgan fingerprint density at radius 1 is 1.23 bits per heavy atom. The Balaban J connectivity index is 1.56. The molecule has 156 valence electrons. The molecule has 0 fully saturated rings. The van der Waals surface area contributed by atoms with Crippen molar-refractivity contribution in [3.05, 3.63) is 63.9 Å². The van der Waals surface area contributed by atoms with Crippen molar-refractivity contribution in [1.29, 1.82) is 0 Å². The van der Waals surface area contributed by atoms with Crippen molar-refractivity contribution in [2.24, 2.45) is 0 Å². The highest BCUT2D eigenvalue weighted by atomic mass is 32.2. The van der Waals surface area contributed by atoms with Gasteiger partial charge in [-0.1, -0.05) is 30.0 Å². The van der Waals surface area contributed by atoms with Crippen LogP contribution in [0, 0.1) is 0 Å². The lowest BCUT2D eigenvalue weighted by Gasteiger charge is -2.16. The van der Waals surface area contributed by atoms with Gasteiger partial charge in [-0.05, 0) is 68.0 Å². The number of carbonyl (C=O) groups is 1. The third-order valence-electron chi connectivity index (χ3n) is 5.38. The molecule has 0 saturated carbocycles. The van der Waals surface area contributed by atoms with Crippen LogP contribution in [0.1, 0.15) is 30.9 Å². The number of anilines is 1. The first-order valence-corrected chi connectivity index (χ1v) is 11.1. The lowest BCUT2D eigenvalue weighted by atomic mass is 10.1. The van der Waals surface area contributed by atoms with E-state index >= 15 is 0 Å². The van der Waals surface area contributed by atoms with Crippen LogP contribution in [-0.4, -0.2) is 32.4 Å². The predicted octanol–water partition coefficient (Wildman–Crippen LogP) is 3.39. The SMILES string of the molecule is C[C@@H](Sc1nc2ccccc2c(=O)n1CCCO)C(=O)Nc1ccc2c(c1)CCC2. The highest BCUT2D eigenvalue weighted by Crippen LogP contribution is 2.27. The highest BCUT2D eigenvalue weighted by molar-refractivity contribution is 8.00. The van der Waals surface area contributed by atoms with E-state index in [2.05, 4.69) is 22.4 Å². The number of benzene rings is 2. The fourth-order valence-electron chi connectivity index (χ4n) is 3.77. The fraction of sp³-hybridized carbons (Fsp3) is 0.348. The molecule has 1 amide bonds. The van der Waals surface area contributed by atoms with Gasteiger partial charge in [-0.15, -0.1) is 0 Å². The number of nitrogens with zero attached hydrogens (tertiary/aromatic N) is 2. The normalized spacial score (nSPS) is 13.9. The van der Waals surface area contributed by atoms with Gasteiger partial charge in [0, 0.05) is 18.8 Å². The Morgan fingerprint density at radius 3 is 2.87 bits per heavy atom. The zero-order valence-electron chi connectivity index (χ0n) is 16.9. The summed E-state index contributed by atoms with van der Waals surface area (Å²) in [5.41, 5.74) is 3.93. The second-order valence-corrected chi connectivity index (χ2v) is 8.84. The van der Waals surface area contributed by atoms with Crippen molar-refractivity contribution in [3.8, 4) is 0 Å². The van der Waals surface area contributed by atoms with Gasteiger partial charge in [0.25, 0.3) is 5.56 Å². The Labute approximate surface area is 179 Å². The molecule has 0 saturated heterocycles. The number of aliphatic hydroxyl groups is 1. The molecule has 1 heterocycles. The molecule has 1 aromatic heterocycles. The monoisotopic (exact) mass is 423 g/mol. The number of nitrogens with one attached hydrogen (secondary N) is 1. The molecule has 30 heavy (non-hydrogen) atoms. The third kappa shape index (κ3) is 4.27. The number of aromatic nitrogens is 2. The third-order valence-corrected chi connectivity index (χ3v) is 6.47. The number of aliphatic hydroxyl groups excluding tert-OH is 1. The van der Waals surface area contributed by atoms with E-state index < -0.39 is 5.25 Å². The maximum atomic E-state index is 12.9. The number of para-hydroxylation sites is 1. The molecule has 7 heteroatoms. The molecule has 3 aromatic rings. The lowest BCUT2D eigenvalue weighted by Crippen LogP contribution is -2.27. The minimum absolute atomic E-state index is 0.0161. The van der Waals surface area contributed by atoms with Crippen LogP contribution in [0.2, 0.25) is 0 Å². The van der Waals surface area contributed by atoms with E-state index in [0.717, 1.165) is 24.9 Å². The molecule has 6 nitrogen and oxygen atoms in total. The molecular weight excluding hydrogens is 398 g/mol. The summed E-state index contributed by atoms with van der Waals surface area (Å²) in [7, 11) is 0. The number of amides is 1. The van der Waals surface area contributed by atoms with Gasteiger partial charge in [0.15, 0.2) is 5.16 Å². The number of hydrogen-bond donors (Lipinski definition) is 2. The summed E-state index contributed by atoms with van der Waals surface area (Å²) in [5, 5.41) is 12.8. The zero-order chi connectivity index (χ0) is 21.1. The van der Waals surface area contributed by atoms with Crippen molar-refractivity contribution in [1.82, 2.24) is 9.55 Å². The van der Waals surface area contributed by atoms with Crippen LogP contribution < -0.4 is 10.9 Å². The van der Waals surface area contributed by atoms with E-state index in [9.17, 15) is 14.7 Å². The van der Waals surface area contributed by atoms with Gasteiger partial charge in [0.05, 0.1) is 16.2 Å². The molecule has 0 radical (unpaired) electrons. The van der Waals surface area contributed by atoms with E-state index in [4.69, 9.17) is 0 Å². The maximum absolute atomic E-state index is 12.9. The van der Waals surface area contributed by atoms with Crippen molar-refractivity contribution in [3.63, 3.8) is 0 Å². The van der Waals surface area contributed by atoms with Gasteiger partial charge in [0.1, 0.15) is 0 Å². The van der Waals surface area contributed by atoms with E-state index in [-0.39, 0.29) is 18.1 Å². The lowest BCUT2D eigenvalue weighted by molar-refractivity contribution is -0.115. The van der Waals surface area contributed by atoms with Gasteiger partial charge in [-0.3, -0.25) is 14.2 Å². The minimum atomic E-state index is -0.438. The zero-order valence-corrected chi connectivity index (χ0v) is 17.7. The summed E-state index contributed by atoms with van der Waals surface area (Å²) in [5.74, 6) is -0.130. The molecule has 0 bridgehead atoms. The first-order valence-electron chi connectivity index (χ1n) is 10.3. The second kappa shape index (κ2) is 9.02. The van der Waals surface area contributed by atoms with Crippen molar-refractivity contribution in [2.75, 3.05) is 11.9 Å². The van der Waals surface area contributed by atoms with E-state index in [0.29, 0.717) is 29.0 Å². The summed E-state index contributed by atoms with van der Waals surface area (Å²) in [6.45, 7) is 2.15. The van der Waals surface area contributed by atoms with Crippen LogP contribution in [0.15, 0.2) is 52.4 Å². The molecule has 1 aliphatic carbocycles. The first-order chi connectivity index (χ1) is 14.6. The number of hydrogen-bond acceptors (Lipinski definition) is 5. The number of fused-ring (bicyclic) bond motifs is 2. The van der Waals surface area contributed by atoms with E-state index in [1.807, 2.05) is 19.1 Å². The van der Waals surface area contributed by atoms with Crippen molar-refractivity contribution < 1.29 is 9.90 Å². The maximum Gasteiger partial charge on any atom is 0.262 e. The van der Waals surface area contributed by atoms with Crippen LogP contribution in [0.3, 0.4) is 0 Å². The van der Waals surface area contributed by atoms with Crippen LogP contribution in [0.4, 0.5) is 5.69 Å². The summed E-state index contributed by atoms with van der Waals surface area (Å²) < 4.78 is 1.56. The topological polar surface area (TPSA) is 84.2 Å². The number of carbonyl (C=O) groups excluding carboxylic acids is 1. The van der Waals surface area contributed by atoms with Crippen LogP contribution in [-0.2, 0) is 24.2 Å². The molecule has 4 rings (SSSR count). The van der Waals surface area contributed by atoms with E-state index in [1.54, 1.807) is 22.8 Å². The first kappa shape index (κ1) is 20.6.